The van der Waals surface area contributed by atoms with Crippen LogP contribution in [-0.4, -0.2) is 30.2 Å². The average Bonchev–Trinajstić information content (AvgIpc) is 3.34. The fourth-order valence-electron chi connectivity index (χ4n) is 2.73. The molecular formula is C17H18N6O2S2. The van der Waals surface area contributed by atoms with E-state index in [-0.39, 0.29) is 10.8 Å². The van der Waals surface area contributed by atoms with Crippen LogP contribution in [0.4, 0.5) is 0 Å². The number of hydrogen-bond donors (Lipinski definition) is 1. The molecule has 1 atom stereocenters. The minimum absolute atomic E-state index is 0.104. The van der Waals surface area contributed by atoms with Gasteiger partial charge in [-0.05, 0) is 35.4 Å². The summed E-state index contributed by atoms with van der Waals surface area (Å²) in [5, 5.41) is 15.0. The van der Waals surface area contributed by atoms with Gasteiger partial charge in [-0.3, -0.25) is 4.79 Å². The first kappa shape index (κ1) is 17.9. The molecule has 0 spiro atoms. The van der Waals surface area contributed by atoms with Gasteiger partial charge in [0.25, 0.3) is 5.56 Å². The maximum absolute atomic E-state index is 12.7. The lowest BCUT2D eigenvalue weighted by Crippen LogP contribution is -2.13. The van der Waals surface area contributed by atoms with Crippen molar-refractivity contribution in [3.8, 4) is 11.3 Å². The van der Waals surface area contributed by atoms with Crippen molar-refractivity contribution in [2.75, 3.05) is 0 Å². The van der Waals surface area contributed by atoms with E-state index in [0.29, 0.717) is 32.9 Å². The Kier molecular flexibility index (Phi) is 4.83. The van der Waals surface area contributed by atoms with E-state index < -0.39 is 0 Å². The minimum atomic E-state index is -0.170. The second kappa shape index (κ2) is 7.28. The Morgan fingerprint density at radius 2 is 2.22 bits per heavy atom. The van der Waals surface area contributed by atoms with Crippen LogP contribution in [0.2, 0.25) is 0 Å². The normalized spacial score (nSPS) is 12.9. The molecular weight excluding hydrogens is 384 g/mol. The first-order valence-electron chi connectivity index (χ1n) is 8.51. The van der Waals surface area contributed by atoms with Crippen LogP contribution in [0, 0.1) is 5.92 Å². The van der Waals surface area contributed by atoms with Gasteiger partial charge in [0.1, 0.15) is 16.4 Å². The molecule has 27 heavy (non-hydrogen) atoms. The summed E-state index contributed by atoms with van der Waals surface area (Å²) >= 11 is 2.91. The molecule has 0 bridgehead atoms. The van der Waals surface area contributed by atoms with Crippen LogP contribution in [-0.2, 0) is 6.54 Å². The van der Waals surface area contributed by atoms with Crippen LogP contribution < -0.4 is 5.56 Å². The lowest BCUT2D eigenvalue weighted by Gasteiger charge is -2.11. The van der Waals surface area contributed by atoms with Crippen LogP contribution in [0.25, 0.3) is 21.5 Å². The molecule has 0 aliphatic carbocycles. The Balaban J connectivity index is 1.65. The van der Waals surface area contributed by atoms with Gasteiger partial charge in [-0.2, -0.15) is 0 Å². The topological polar surface area (TPSA) is 102 Å². The maximum atomic E-state index is 12.7. The number of aromatic nitrogens is 6. The number of tetrazole rings is 1. The number of H-pyrrole nitrogens is 1. The Hall–Kier alpha value is -2.46. The third kappa shape index (κ3) is 3.54. The molecule has 8 nitrogen and oxygen atoms in total. The highest BCUT2D eigenvalue weighted by molar-refractivity contribution is 7.99. The molecule has 0 fully saturated rings. The zero-order valence-electron chi connectivity index (χ0n) is 15.0. The molecule has 4 aromatic heterocycles. The summed E-state index contributed by atoms with van der Waals surface area (Å²) in [6, 6.07) is 3.64. The molecule has 0 amide bonds. The third-order valence-electron chi connectivity index (χ3n) is 3.95. The summed E-state index contributed by atoms with van der Waals surface area (Å²) in [5.41, 5.74) is 0.596. The summed E-state index contributed by atoms with van der Waals surface area (Å²) in [6.45, 7) is 6.94. The van der Waals surface area contributed by atoms with E-state index in [2.05, 4.69) is 39.3 Å². The van der Waals surface area contributed by atoms with Crippen molar-refractivity contribution in [2.24, 2.45) is 5.92 Å². The van der Waals surface area contributed by atoms with Crippen molar-refractivity contribution >= 4 is 33.3 Å². The van der Waals surface area contributed by atoms with Crippen molar-refractivity contribution in [1.82, 2.24) is 30.2 Å². The van der Waals surface area contributed by atoms with Crippen LogP contribution in [0.5, 0.6) is 0 Å². The van der Waals surface area contributed by atoms with Crippen LogP contribution >= 0.6 is 23.1 Å². The number of thioether (sulfide) groups is 1. The van der Waals surface area contributed by atoms with Crippen molar-refractivity contribution in [3.63, 3.8) is 0 Å². The van der Waals surface area contributed by atoms with Crippen LogP contribution in [0.1, 0.15) is 31.8 Å². The SMILES string of the molecule is CC(C)Cn1nnnc1SC(C)c1nc2scc(-c3ccco3)c2c(=O)[nH]1. The highest BCUT2D eigenvalue weighted by Gasteiger charge is 2.20. The van der Waals surface area contributed by atoms with Gasteiger partial charge in [0.05, 0.1) is 16.9 Å². The molecule has 140 valence electrons. The van der Waals surface area contributed by atoms with E-state index in [9.17, 15) is 4.79 Å². The molecule has 4 aromatic rings. The second-order valence-electron chi connectivity index (χ2n) is 6.56. The molecule has 1 N–H and O–H groups in total. The summed E-state index contributed by atoms with van der Waals surface area (Å²) < 4.78 is 7.21. The van der Waals surface area contributed by atoms with Crippen LogP contribution in [0.3, 0.4) is 0 Å². The van der Waals surface area contributed by atoms with Crippen molar-refractivity contribution < 1.29 is 4.42 Å². The first-order valence-corrected chi connectivity index (χ1v) is 10.3. The zero-order chi connectivity index (χ0) is 19.0. The summed E-state index contributed by atoms with van der Waals surface area (Å²) in [4.78, 5) is 21.0. The molecule has 1 unspecified atom stereocenters. The summed E-state index contributed by atoms with van der Waals surface area (Å²) in [7, 11) is 0. The quantitative estimate of drug-likeness (QED) is 0.490. The van der Waals surface area contributed by atoms with Gasteiger partial charge in [0.15, 0.2) is 0 Å². The molecule has 4 heterocycles. The van der Waals surface area contributed by atoms with E-state index in [0.717, 1.165) is 12.1 Å². The number of rotatable bonds is 6. The fraction of sp³-hybridized carbons (Fsp3) is 0.353. The molecule has 0 aromatic carbocycles. The predicted octanol–water partition coefficient (Wildman–Crippen LogP) is 3.74. The Morgan fingerprint density at radius 3 is 2.96 bits per heavy atom. The van der Waals surface area contributed by atoms with Gasteiger partial charge in [-0.25, -0.2) is 9.67 Å². The summed E-state index contributed by atoms with van der Waals surface area (Å²) in [5.74, 6) is 1.70. The number of fused-ring (bicyclic) bond motifs is 1. The van der Waals surface area contributed by atoms with Crippen molar-refractivity contribution in [2.45, 2.75) is 37.7 Å². The molecule has 0 saturated heterocycles. The van der Waals surface area contributed by atoms with E-state index >= 15 is 0 Å². The summed E-state index contributed by atoms with van der Waals surface area (Å²) in [6.07, 6.45) is 1.59. The smallest absolute Gasteiger partial charge is 0.260 e. The lowest BCUT2D eigenvalue weighted by atomic mass is 10.2. The first-order chi connectivity index (χ1) is 13.0. The molecule has 0 aliphatic heterocycles. The molecule has 0 saturated carbocycles. The number of nitrogens with one attached hydrogen (secondary N) is 1. The Morgan fingerprint density at radius 1 is 1.37 bits per heavy atom. The average molecular weight is 403 g/mol. The van der Waals surface area contributed by atoms with Crippen molar-refractivity contribution in [3.05, 3.63) is 40.0 Å². The number of furan rings is 1. The van der Waals surface area contributed by atoms with Crippen LogP contribution in [0.15, 0.2) is 38.1 Å². The zero-order valence-corrected chi connectivity index (χ0v) is 16.7. The van der Waals surface area contributed by atoms with Gasteiger partial charge in [-0.1, -0.05) is 25.6 Å². The largest absolute Gasteiger partial charge is 0.464 e. The molecule has 0 radical (unpaired) electrons. The monoisotopic (exact) mass is 402 g/mol. The number of hydrogen-bond acceptors (Lipinski definition) is 8. The molecule has 10 heteroatoms. The molecule has 4 rings (SSSR count). The number of nitrogens with zero attached hydrogens (tertiary/aromatic N) is 5. The predicted molar refractivity (Wildman–Crippen MR) is 105 cm³/mol. The molecule has 0 aliphatic rings. The van der Waals surface area contributed by atoms with E-state index in [4.69, 9.17) is 4.42 Å². The van der Waals surface area contributed by atoms with E-state index in [1.807, 2.05) is 18.4 Å². The van der Waals surface area contributed by atoms with Crippen molar-refractivity contribution in [1.29, 1.82) is 0 Å². The highest BCUT2D eigenvalue weighted by Crippen LogP contribution is 2.34. The fourth-order valence-corrected chi connectivity index (χ4v) is 4.52. The second-order valence-corrected chi connectivity index (χ2v) is 8.72. The van der Waals surface area contributed by atoms with E-state index in [1.54, 1.807) is 17.0 Å². The van der Waals surface area contributed by atoms with Gasteiger partial charge in [0.2, 0.25) is 5.16 Å². The minimum Gasteiger partial charge on any atom is -0.464 e. The number of thiophene rings is 1. The lowest BCUT2D eigenvalue weighted by molar-refractivity contribution is 0.445. The number of aromatic amines is 1. The van der Waals surface area contributed by atoms with Gasteiger partial charge in [-0.15, -0.1) is 16.4 Å². The van der Waals surface area contributed by atoms with Gasteiger partial charge < -0.3 is 9.40 Å². The van der Waals surface area contributed by atoms with Gasteiger partial charge in [0, 0.05) is 17.5 Å². The van der Waals surface area contributed by atoms with Gasteiger partial charge >= 0.3 is 0 Å². The van der Waals surface area contributed by atoms with E-state index in [1.165, 1.54) is 23.1 Å². The third-order valence-corrected chi connectivity index (χ3v) is 5.91. The standard InChI is InChI=1S/C17H18N6O2S2/c1-9(2)7-23-17(20-21-22-23)27-10(3)14-18-15(24)13-11(8-26-16(13)19-14)12-5-4-6-25-12/h4-6,8-10H,7H2,1-3H3,(H,18,19,24). The Bertz CT molecular complexity index is 1110. The highest BCUT2D eigenvalue weighted by atomic mass is 32.2. The Labute approximate surface area is 163 Å². The maximum Gasteiger partial charge on any atom is 0.260 e.